The van der Waals surface area contributed by atoms with Gasteiger partial charge in [0.15, 0.2) is 0 Å². The molecule has 3 aromatic rings. The number of nitrogens with one attached hydrogen (secondary N) is 2. The summed E-state index contributed by atoms with van der Waals surface area (Å²) in [4.78, 5) is 26.0. The van der Waals surface area contributed by atoms with Crippen molar-refractivity contribution in [1.82, 2.24) is 25.3 Å². The van der Waals surface area contributed by atoms with Crippen LogP contribution in [0.2, 0.25) is 10.0 Å². The highest BCUT2D eigenvalue weighted by Gasteiger charge is 2.53. The first-order valence-electron chi connectivity index (χ1n) is 10.2. The highest BCUT2D eigenvalue weighted by Crippen LogP contribution is 2.50. The van der Waals surface area contributed by atoms with Crippen LogP contribution in [0.5, 0.6) is 5.75 Å². The number of halogens is 2. The lowest BCUT2D eigenvalue weighted by Gasteiger charge is -2.58. The molecule has 1 aromatic carbocycles. The molecule has 10 heteroatoms. The van der Waals surface area contributed by atoms with Gasteiger partial charge in [-0.2, -0.15) is 10.2 Å². The summed E-state index contributed by atoms with van der Waals surface area (Å²) in [7, 11) is 0. The van der Waals surface area contributed by atoms with E-state index in [9.17, 15) is 9.59 Å². The minimum atomic E-state index is -0.337. The number of likely N-dealkylation sites (tertiary alicyclic amines) is 1. The van der Waals surface area contributed by atoms with Crippen molar-refractivity contribution in [3.63, 3.8) is 0 Å². The summed E-state index contributed by atoms with van der Waals surface area (Å²) in [6.07, 6.45) is 6.99. The number of aromatic amines is 2. The van der Waals surface area contributed by atoms with Gasteiger partial charge in [0.05, 0.1) is 34.3 Å². The number of H-pyrrole nitrogens is 2. The fourth-order valence-electron chi connectivity index (χ4n) is 4.82. The highest BCUT2D eigenvalue weighted by molar-refractivity contribution is 6.35. The van der Waals surface area contributed by atoms with Crippen molar-refractivity contribution in [2.75, 3.05) is 19.6 Å². The van der Waals surface area contributed by atoms with Crippen LogP contribution in [0.1, 0.15) is 24.8 Å². The SMILES string of the molecule is O=c1[nH]ncc(CCCN2CC3(CC(Oc4ccc(Cl)c5c(=O)[nH]ncc45)C3)C2)c1Cl. The maximum atomic E-state index is 12.0. The number of fused-ring (bicyclic) bond motifs is 1. The third-order valence-electron chi connectivity index (χ3n) is 6.26. The van der Waals surface area contributed by atoms with E-state index in [2.05, 4.69) is 25.3 Å². The van der Waals surface area contributed by atoms with Crippen molar-refractivity contribution in [3.8, 4) is 5.75 Å². The van der Waals surface area contributed by atoms with E-state index in [0.29, 0.717) is 27.0 Å². The third-order valence-corrected chi connectivity index (χ3v) is 6.99. The largest absolute Gasteiger partial charge is 0.490 e. The number of nitrogens with zero attached hydrogens (tertiary/aromatic N) is 3. The maximum absolute atomic E-state index is 12.0. The molecule has 0 atom stereocenters. The minimum Gasteiger partial charge on any atom is -0.490 e. The quantitative estimate of drug-likeness (QED) is 0.584. The number of aromatic nitrogens is 4. The molecule has 1 saturated carbocycles. The van der Waals surface area contributed by atoms with E-state index in [1.165, 1.54) is 0 Å². The molecule has 0 unspecified atom stereocenters. The average molecular weight is 462 g/mol. The minimum absolute atomic E-state index is 0.131. The summed E-state index contributed by atoms with van der Waals surface area (Å²) >= 11 is 12.2. The smallest absolute Gasteiger partial charge is 0.283 e. The van der Waals surface area contributed by atoms with Crippen LogP contribution in [0.25, 0.3) is 10.8 Å². The molecule has 2 N–H and O–H groups in total. The summed E-state index contributed by atoms with van der Waals surface area (Å²) in [5.41, 5.74) is 0.466. The van der Waals surface area contributed by atoms with Crippen LogP contribution in [0.4, 0.5) is 0 Å². The molecule has 2 aliphatic rings. The fourth-order valence-corrected chi connectivity index (χ4v) is 5.26. The zero-order chi connectivity index (χ0) is 21.6. The Balaban J connectivity index is 1.12. The van der Waals surface area contributed by atoms with Gasteiger partial charge < -0.3 is 9.64 Å². The van der Waals surface area contributed by atoms with Crippen LogP contribution in [0.15, 0.2) is 34.1 Å². The molecule has 5 rings (SSSR count). The average Bonchev–Trinajstić information content (AvgIpc) is 2.69. The Bertz CT molecular complexity index is 1240. The lowest BCUT2D eigenvalue weighted by Crippen LogP contribution is -2.64. The van der Waals surface area contributed by atoms with E-state index < -0.39 is 0 Å². The Morgan fingerprint density at radius 2 is 1.84 bits per heavy atom. The Kier molecular flexibility index (Phi) is 5.24. The molecular weight excluding hydrogens is 441 g/mol. The number of benzene rings is 1. The normalized spacial score (nSPS) is 18.1. The van der Waals surface area contributed by atoms with Gasteiger partial charge in [-0.1, -0.05) is 23.2 Å². The van der Waals surface area contributed by atoms with Gasteiger partial charge in [0.25, 0.3) is 11.1 Å². The second-order valence-corrected chi connectivity index (χ2v) is 9.32. The van der Waals surface area contributed by atoms with Crippen molar-refractivity contribution >= 4 is 34.0 Å². The Morgan fingerprint density at radius 3 is 2.65 bits per heavy atom. The topological polar surface area (TPSA) is 104 Å². The summed E-state index contributed by atoms with van der Waals surface area (Å²) in [6, 6.07) is 3.49. The molecule has 0 radical (unpaired) electrons. The van der Waals surface area contributed by atoms with Crippen LogP contribution in [0.3, 0.4) is 0 Å². The molecule has 0 amide bonds. The molecule has 2 aromatic heterocycles. The molecule has 1 spiro atoms. The highest BCUT2D eigenvalue weighted by atomic mass is 35.5. The Labute approximate surface area is 187 Å². The molecule has 3 heterocycles. The molecule has 1 aliphatic carbocycles. The van der Waals surface area contributed by atoms with Crippen LogP contribution in [-0.4, -0.2) is 51.0 Å². The van der Waals surface area contributed by atoms with E-state index in [1.54, 1.807) is 24.5 Å². The van der Waals surface area contributed by atoms with Crippen molar-refractivity contribution in [3.05, 3.63) is 60.8 Å². The first kappa shape index (κ1) is 20.5. The van der Waals surface area contributed by atoms with E-state index in [4.69, 9.17) is 27.9 Å². The predicted octanol–water partition coefficient (Wildman–Crippen LogP) is 2.79. The Morgan fingerprint density at radius 1 is 1.10 bits per heavy atom. The lowest BCUT2D eigenvalue weighted by molar-refractivity contribution is -0.118. The van der Waals surface area contributed by atoms with E-state index >= 15 is 0 Å². The van der Waals surface area contributed by atoms with Gasteiger partial charge in [0.1, 0.15) is 10.8 Å². The second-order valence-electron chi connectivity index (χ2n) is 8.53. The molecular formula is C21H21Cl2N5O3. The third kappa shape index (κ3) is 3.84. The predicted molar refractivity (Wildman–Crippen MR) is 118 cm³/mol. The molecule has 162 valence electrons. The molecule has 31 heavy (non-hydrogen) atoms. The van der Waals surface area contributed by atoms with Gasteiger partial charge >= 0.3 is 0 Å². The zero-order valence-corrected chi connectivity index (χ0v) is 18.2. The first-order chi connectivity index (χ1) is 14.9. The van der Waals surface area contributed by atoms with Crippen molar-refractivity contribution in [2.24, 2.45) is 5.41 Å². The van der Waals surface area contributed by atoms with Gasteiger partial charge in [0.2, 0.25) is 0 Å². The van der Waals surface area contributed by atoms with E-state index in [1.807, 2.05) is 0 Å². The van der Waals surface area contributed by atoms with Gasteiger partial charge in [0, 0.05) is 18.5 Å². The van der Waals surface area contributed by atoms with E-state index in [0.717, 1.165) is 50.9 Å². The van der Waals surface area contributed by atoms with Gasteiger partial charge in [-0.15, -0.1) is 0 Å². The summed E-state index contributed by atoms with van der Waals surface area (Å²) in [6.45, 7) is 3.07. The standard InChI is InChI=1S/C21H21Cl2N5O3/c22-15-3-4-16(14-9-25-26-19(29)17(14)15)31-13-6-21(7-13)10-28(11-21)5-1-2-12-8-24-27-20(30)18(12)23/h3-4,8-9,13H,1-2,5-7,10-11H2,(H,26,29)(H,27,30). The number of rotatable bonds is 6. The zero-order valence-electron chi connectivity index (χ0n) is 16.7. The second kappa shape index (κ2) is 7.93. The van der Waals surface area contributed by atoms with Crippen molar-refractivity contribution < 1.29 is 4.74 Å². The fraction of sp³-hybridized carbons (Fsp3) is 0.429. The molecule has 2 fully saturated rings. The molecule has 1 saturated heterocycles. The maximum Gasteiger partial charge on any atom is 0.283 e. The molecule has 1 aliphatic heterocycles. The van der Waals surface area contributed by atoms with Crippen molar-refractivity contribution in [2.45, 2.75) is 31.8 Å². The number of ether oxygens (including phenoxy) is 1. The van der Waals surface area contributed by atoms with Crippen LogP contribution >= 0.6 is 23.2 Å². The van der Waals surface area contributed by atoms with Gasteiger partial charge in [-0.25, -0.2) is 10.2 Å². The van der Waals surface area contributed by atoms with Crippen LogP contribution < -0.4 is 15.9 Å². The van der Waals surface area contributed by atoms with Crippen LogP contribution in [0, 0.1) is 5.41 Å². The lowest BCUT2D eigenvalue weighted by atomic mass is 9.61. The Hall–Kier alpha value is -2.42. The van der Waals surface area contributed by atoms with Crippen molar-refractivity contribution in [1.29, 1.82) is 0 Å². The van der Waals surface area contributed by atoms with Gasteiger partial charge in [-0.05, 0) is 49.9 Å². The van der Waals surface area contributed by atoms with Crippen LogP contribution in [-0.2, 0) is 6.42 Å². The first-order valence-corrected chi connectivity index (χ1v) is 11.0. The summed E-state index contributed by atoms with van der Waals surface area (Å²) < 4.78 is 6.18. The number of hydrogen-bond donors (Lipinski definition) is 2. The summed E-state index contributed by atoms with van der Waals surface area (Å²) in [5.74, 6) is 0.650. The molecule has 0 bridgehead atoms. The summed E-state index contributed by atoms with van der Waals surface area (Å²) in [5, 5.41) is 14.1. The number of hydrogen-bond acceptors (Lipinski definition) is 6. The molecule has 8 nitrogen and oxygen atoms in total. The number of aryl methyl sites for hydroxylation is 1. The monoisotopic (exact) mass is 461 g/mol. The van der Waals surface area contributed by atoms with Gasteiger partial charge in [-0.3, -0.25) is 9.59 Å². The van der Waals surface area contributed by atoms with E-state index in [-0.39, 0.29) is 22.2 Å².